The van der Waals surface area contributed by atoms with Crippen LogP contribution in [-0.2, 0) is 0 Å². The highest BCUT2D eigenvalue weighted by Gasteiger charge is 2.05. The topological polar surface area (TPSA) is 86.7 Å². The number of aromatic amines is 1. The van der Waals surface area contributed by atoms with Gasteiger partial charge in [-0.15, -0.1) is 0 Å². The van der Waals surface area contributed by atoms with Crippen molar-refractivity contribution in [3.8, 4) is 0 Å². The quantitative estimate of drug-likeness (QED) is 0.654. The maximum Gasteiger partial charge on any atom is 0.182 e. The molecule has 3 N–H and O–H groups in total. The number of nitrogens with one attached hydrogen (secondary N) is 2. The van der Waals surface area contributed by atoms with Gasteiger partial charge in [0, 0.05) is 13.2 Å². The molecule has 1 unspecified atom stereocenters. The number of aromatic nitrogens is 4. The highest BCUT2D eigenvalue weighted by molar-refractivity contribution is 5.81. The Kier molecular flexibility index (Phi) is 3.87. The first-order chi connectivity index (χ1) is 8.31. The molecule has 2 heterocycles. The first kappa shape index (κ1) is 11.8. The van der Waals surface area contributed by atoms with E-state index in [1.54, 1.807) is 6.33 Å². The summed E-state index contributed by atoms with van der Waals surface area (Å²) in [5.74, 6) is 1.14. The summed E-state index contributed by atoms with van der Waals surface area (Å²) in [5, 5.41) is 12.2. The number of H-pyrrole nitrogens is 1. The Labute approximate surface area is 99.5 Å². The molecular formula is C11H17N5O. The molecule has 2 aromatic rings. The van der Waals surface area contributed by atoms with Crippen molar-refractivity contribution in [1.29, 1.82) is 0 Å². The molecule has 0 fully saturated rings. The normalized spacial score (nSPS) is 12.8. The summed E-state index contributed by atoms with van der Waals surface area (Å²) < 4.78 is 0. The van der Waals surface area contributed by atoms with E-state index in [1.165, 1.54) is 6.33 Å². The minimum Gasteiger partial charge on any atom is -0.396 e. The Bertz CT molecular complexity index is 470. The Morgan fingerprint density at radius 3 is 3.12 bits per heavy atom. The van der Waals surface area contributed by atoms with Crippen LogP contribution in [0.25, 0.3) is 11.2 Å². The lowest BCUT2D eigenvalue weighted by atomic mass is 10.1. The molecule has 0 bridgehead atoms. The molecule has 0 amide bonds. The average molecular weight is 235 g/mol. The largest absolute Gasteiger partial charge is 0.396 e. The molecular weight excluding hydrogens is 218 g/mol. The summed E-state index contributed by atoms with van der Waals surface area (Å²) >= 11 is 0. The molecule has 2 aromatic heterocycles. The molecule has 1 atom stereocenters. The Balaban J connectivity index is 1.88. The van der Waals surface area contributed by atoms with Crippen LogP contribution in [0.2, 0.25) is 0 Å². The molecule has 2 rings (SSSR count). The van der Waals surface area contributed by atoms with E-state index in [9.17, 15) is 0 Å². The van der Waals surface area contributed by atoms with E-state index >= 15 is 0 Å². The molecule has 0 aliphatic rings. The highest BCUT2D eigenvalue weighted by Crippen LogP contribution is 2.14. The second kappa shape index (κ2) is 5.58. The fraction of sp³-hybridized carbons (Fsp3) is 0.545. The number of hydrogen-bond acceptors (Lipinski definition) is 5. The van der Waals surface area contributed by atoms with E-state index in [2.05, 4.69) is 25.3 Å². The van der Waals surface area contributed by atoms with Crippen LogP contribution in [0, 0.1) is 5.92 Å². The van der Waals surface area contributed by atoms with Gasteiger partial charge in [-0.25, -0.2) is 15.0 Å². The van der Waals surface area contributed by atoms with Crippen LogP contribution in [0.3, 0.4) is 0 Å². The van der Waals surface area contributed by atoms with Crippen molar-refractivity contribution in [3.63, 3.8) is 0 Å². The predicted molar refractivity (Wildman–Crippen MR) is 65.7 cm³/mol. The van der Waals surface area contributed by atoms with Crippen molar-refractivity contribution < 1.29 is 5.11 Å². The SMILES string of the molecule is CC(CO)CCCNc1ncnc2nc[nH]c12. The van der Waals surface area contributed by atoms with Crippen LogP contribution in [0.15, 0.2) is 12.7 Å². The summed E-state index contributed by atoms with van der Waals surface area (Å²) in [6.07, 6.45) is 5.11. The minimum absolute atomic E-state index is 0.248. The van der Waals surface area contributed by atoms with E-state index in [1.807, 2.05) is 6.92 Å². The Morgan fingerprint density at radius 2 is 2.29 bits per heavy atom. The number of aliphatic hydroxyl groups excluding tert-OH is 1. The average Bonchev–Trinajstić information content (AvgIpc) is 2.83. The third-order valence-electron chi connectivity index (χ3n) is 2.70. The molecule has 92 valence electrons. The summed E-state index contributed by atoms with van der Waals surface area (Å²) in [4.78, 5) is 15.3. The molecule has 0 aromatic carbocycles. The standard InChI is InChI=1S/C11H17N5O/c1-8(5-17)3-2-4-12-10-9-11(14-6-13-9)16-7-15-10/h6-8,17H,2-5H2,1H3,(H2,12,13,14,15,16). The van der Waals surface area contributed by atoms with E-state index in [0.717, 1.165) is 30.7 Å². The van der Waals surface area contributed by atoms with Gasteiger partial charge in [0.2, 0.25) is 0 Å². The van der Waals surface area contributed by atoms with Crippen LogP contribution in [0.1, 0.15) is 19.8 Å². The lowest BCUT2D eigenvalue weighted by Gasteiger charge is -2.08. The van der Waals surface area contributed by atoms with Crippen LogP contribution in [0.4, 0.5) is 5.82 Å². The second-order valence-corrected chi connectivity index (χ2v) is 4.18. The first-order valence-corrected chi connectivity index (χ1v) is 5.80. The van der Waals surface area contributed by atoms with Gasteiger partial charge >= 0.3 is 0 Å². The number of imidazole rings is 1. The van der Waals surface area contributed by atoms with Crippen molar-refractivity contribution in [2.24, 2.45) is 5.92 Å². The Hall–Kier alpha value is -1.69. The smallest absolute Gasteiger partial charge is 0.182 e. The fourth-order valence-corrected chi connectivity index (χ4v) is 1.65. The van der Waals surface area contributed by atoms with E-state index in [4.69, 9.17) is 5.11 Å². The number of nitrogens with zero attached hydrogens (tertiary/aromatic N) is 3. The van der Waals surface area contributed by atoms with Gasteiger partial charge in [-0.2, -0.15) is 0 Å². The number of aliphatic hydroxyl groups is 1. The molecule has 6 nitrogen and oxygen atoms in total. The third kappa shape index (κ3) is 2.91. The molecule has 0 saturated carbocycles. The van der Waals surface area contributed by atoms with Gasteiger partial charge < -0.3 is 15.4 Å². The van der Waals surface area contributed by atoms with Gasteiger partial charge in [0.1, 0.15) is 11.8 Å². The van der Waals surface area contributed by atoms with Crippen molar-refractivity contribution in [1.82, 2.24) is 19.9 Å². The second-order valence-electron chi connectivity index (χ2n) is 4.18. The summed E-state index contributed by atoms with van der Waals surface area (Å²) in [5.41, 5.74) is 1.51. The van der Waals surface area contributed by atoms with Gasteiger partial charge in [-0.1, -0.05) is 6.92 Å². The van der Waals surface area contributed by atoms with E-state index in [-0.39, 0.29) is 6.61 Å². The van der Waals surface area contributed by atoms with E-state index in [0.29, 0.717) is 11.6 Å². The number of anilines is 1. The molecule has 0 aliphatic heterocycles. The number of fused-ring (bicyclic) bond motifs is 1. The number of rotatable bonds is 6. The molecule has 6 heteroatoms. The summed E-state index contributed by atoms with van der Waals surface area (Å²) in [6.45, 7) is 3.12. The van der Waals surface area contributed by atoms with Gasteiger partial charge in [0.05, 0.1) is 6.33 Å². The zero-order valence-electron chi connectivity index (χ0n) is 9.85. The zero-order chi connectivity index (χ0) is 12.1. The molecule has 0 saturated heterocycles. The van der Waals surface area contributed by atoms with E-state index < -0.39 is 0 Å². The monoisotopic (exact) mass is 235 g/mol. The van der Waals surface area contributed by atoms with Gasteiger partial charge in [-0.3, -0.25) is 0 Å². The van der Waals surface area contributed by atoms with Crippen LogP contribution in [0.5, 0.6) is 0 Å². The maximum atomic E-state index is 8.91. The van der Waals surface area contributed by atoms with Crippen molar-refractivity contribution in [2.75, 3.05) is 18.5 Å². The van der Waals surface area contributed by atoms with Crippen molar-refractivity contribution in [2.45, 2.75) is 19.8 Å². The predicted octanol–water partition coefficient (Wildman–Crippen LogP) is 1.17. The molecule has 0 spiro atoms. The lowest BCUT2D eigenvalue weighted by Crippen LogP contribution is -2.08. The number of hydrogen-bond donors (Lipinski definition) is 3. The van der Waals surface area contributed by atoms with Crippen molar-refractivity contribution >= 4 is 17.0 Å². The molecule has 17 heavy (non-hydrogen) atoms. The summed E-state index contributed by atoms with van der Waals surface area (Å²) in [6, 6.07) is 0. The van der Waals surface area contributed by atoms with Gasteiger partial charge in [0.25, 0.3) is 0 Å². The first-order valence-electron chi connectivity index (χ1n) is 5.80. The van der Waals surface area contributed by atoms with Gasteiger partial charge in [-0.05, 0) is 18.8 Å². The van der Waals surface area contributed by atoms with Crippen LogP contribution in [-0.4, -0.2) is 38.2 Å². The van der Waals surface area contributed by atoms with Crippen molar-refractivity contribution in [3.05, 3.63) is 12.7 Å². The zero-order valence-corrected chi connectivity index (χ0v) is 9.85. The third-order valence-corrected chi connectivity index (χ3v) is 2.70. The highest BCUT2D eigenvalue weighted by atomic mass is 16.3. The lowest BCUT2D eigenvalue weighted by molar-refractivity contribution is 0.229. The summed E-state index contributed by atoms with van der Waals surface area (Å²) in [7, 11) is 0. The maximum absolute atomic E-state index is 8.91. The van der Waals surface area contributed by atoms with Gasteiger partial charge in [0.15, 0.2) is 11.5 Å². The fourth-order valence-electron chi connectivity index (χ4n) is 1.65. The van der Waals surface area contributed by atoms with Crippen LogP contribution >= 0.6 is 0 Å². The minimum atomic E-state index is 0.248. The van der Waals surface area contributed by atoms with Crippen LogP contribution < -0.4 is 5.32 Å². The molecule has 0 radical (unpaired) electrons. The Morgan fingerprint density at radius 1 is 1.41 bits per heavy atom. The molecule has 0 aliphatic carbocycles.